The van der Waals surface area contributed by atoms with Crippen LogP contribution in [0.4, 0.5) is 0 Å². The molecule has 0 unspecified atom stereocenters. The van der Waals surface area contributed by atoms with Crippen LogP contribution in [0.15, 0.2) is 154 Å². The van der Waals surface area contributed by atoms with E-state index in [2.05, 4.69) is 130 Å². The molecule has 0 radical (unpaired) electrons. The average Bonchev–Trinajstić information content (AvgIpc) is 3.85. The fourth-order valence-electron chi connectivity index (χ4n) is 7.74. The molecular formula is C42H24N2O2. The van der Waals surface area contributed by atoms with Crippen LogP contribution in [0.1, 0.15) is 0 Å². The topological polar surface area (TPSA) is 36.1 Å². The van der Waals surface area contributed by atoms with Gasteiger partial charge in [0.15, 0.2) is 0 Å². The molecule has 7 aromatic carbocycles. The van der Waals surface area contributed by atoms with E-state index in [0.717, 1.165) is 55.3 Å². The fraction of sp³-hybridized carbons (Fsp3) is 0. The van der Waals surface area contributed by atoms with Gasteiger partial charge in [0.2, 0.25) is 0 Å². The third kappa shape index (κ3) is 3.07. The Morgan fingerprint density at radius 2 is 0.696 bits per heavy atom. The first-order valence-corrected chi connectivity index (χ1v) is 15.6. The van der Waals surface area contributed by atoms with Crippen molar-refractivity contribution >= 4 is 87.5 Å². The Kier molecular flexibility index (Phi) is 4.55. The number of rotatable bonds is 2. The molecule has 0 saturated heterocycles. The fourth-order valence-corrected chi connectivity index (χ4v) is 7.74. The van der Waals surface area contributed by atoms with Crippen molar-refractivity contribution in [2.75, 3.05) is 0 Å². The van der Waals surface area contributed by atoms with E-state index in [1.165, 1.54) is 43.6 Å². The van der Waals surface area contributed by atoms with Gasteiger partial charge in [-0.3, -0.25) is 0 Å². The van der Waals surface area contributed by atoms with Crippen LogP contribution in [0.25, 0.3) is 98.9 Å². The summed E-state index contributed by atoms with van der Waals surface area (Å²) < 4.78 is 17.3. The molecule has 4 heterocycles. The van der Waals surface area contributed by atoms with Crippen molar-refractivity contribution in [1.82, 2.24) is 9.13 Å². The minimum atomic E-state index is 0.894. The third-order valence-corrected chi connectivity index (χ3v) is 9.71. The molecule has 214 valence electrons. The summed E-state index contributed by atoms with van der Waals surface area (Å²) in [5, 5.41) is 9.38. The van der Waals surface area contributed by atoms with E-state index >= 15 is 0 Å². The van der Waals surface area contributed by atoms with Crippen LogP contribution in [-0.4, -0.2) is 9.13 Å². The molecule has 0 aliphatic carbocycles. The van der Waals surface area contributed by atoms with Gasteiger partial charge in [0.05, 0.1) is 22.1 Å². The van der Waals surface area contributed by atoms with Crippen LogP contribution in [-0.2, 0) is 0 Å². The van der Waals surface area contributed by atoms with E-state index in [0.29, 0.717) is 0 Å². The number of fused-ring (bicyclic) bond motifs is 13. The largest absolute Gasteiger partial charge is 0.456 e. The first kappa shape index (κ1) is 24.1. The second kappa shape index (κ2) is 8.68. The zero-order valence-corrected chi connectivity index (χ0v) is 24.6. The summed E-state index contributed by atoms with van der Waals surface area (Å²) in [6, 6.07) is 51.8. The molecule has 11 rings (SSSR count). The molecular weight excluding hydrogens is 564 g/mol. The van der Waals surface area contributed by atoms with Gasteiger partial charge in [-0.2, -0.15) is 0 Å². The van der Waals surface area contributed by atoms with Crippen LogP contribution in [0.3, 0.4) is 0 Å². The van der Waals surface area contributed by atoms with E-state index in [4.69, 9.17) is 8.83 Å². The molecule has 0 amide bonds. The lowest BCUT2D eigenvalue weighted by atomic mass is 10.1. The zero-order valence-electron chi connectivity index (χ0n) is 24.6. The van der Waals surface area contributed by atoms with Crippen LogP contribution >= 0.6 is 0 Å². The van der Waals surface area contributed by atoms with Gasteiger partial charge in [-0.1, -0.05) is 84.9 Å². The highest BCUT2D eigenvalue weighted by Crippen LogP contribution is 2.43. The molecule has 0 N–H and O–H groups in total. The molecule has 0 fully saturated rings. The van der Waals surface area contributed by atoms with Crippen LogP contribution in [0, 0.1) is 0 Å². The quantitative estimate of drug-likeness (QED) is 0.201. The normalized spacial score (nSPS) is 12.3. The van der Waals surface area contributed by atoms with Gasteiger partial charge in [0.25, 0.3) is 0 Å². The number of benzene rings is 7. The molecule has 0 spiro atoms. The standard InChI is InChI=1S/C42H24N2O2/c1-5-13-35-27(9-1)31-19-20-32-28-10-2-6-14-36(28)44(26-18-22-40-34(24-26)30-12-4-8-16-38(30)46-40)42(32)41(31)43(35)25-17-21-39-33(23-25)29-11-3-7-15-37(29)45-39/h1-24H. The average molecular weight is 589 g/mol. The second-order valence-electron chi connectivity index (χ2n) is 12.1. The summed E-state index contributed by atoms with van der Waals surface area (Å²) in [5.74, 6) is 0. The monoisotopic (exact) mass is 588 g/mol. The SMILES string of the molecule is c1ccc2c(c1)oc1ccc(-n3c4ccccc4c4ccc5c6ccccc6n(-c6ccc7oc8ccccc8c7c6)c5c43)cc12. The lowest BCUT2D eigenvalue weighted by Gasteiger charge is -2.13. The summed E-state index contributed by atoms with van der Waals surface area (Å²) in [5.41, 5.74) is 10.5. The third-order valence-electron chi connectivity index (χ3n) is 9.71. The van der Waals surface area contributed by atoms with E-state index in [1.54, 1.807) is 0 Å². The summed E-state index contributed by atoms with van der Waals surface area (Å²) >= 11 is 0. The number of hydrogen-bond donors (Lipinski definition) is 0. The molecule has 4 aromatic heterocycles. The summed E-state index contributed by atoms with van der Waals surface area (Å²) in [7, 11) is 0. The van der Waals surface area contributed by atoms with Crippen molar-refractivity contribution in [3.63, 3.8) is 0 Å². The van der Waals surface area contributed by atoms with Gasteiger partial charge in [0.1, 0.15) is 22.3 Å². The van der Waals surface area contributed by atoms with Crippen molar-refractivity contribution in [1.29, 1.82) is 0 Å². The zero-order chi connectivity index (χ0) is 29.9. The van der Waals surface area contributed by atoms with E-state index in [-0.39, 0.29) is 0 Å². The molecule has 0 aliphatic heterocycles. The number of nitrogens with zero attached hydrogens (tertiary/aromatic N) is 2. The van der Waals surface area contributed by atoms with Gasteiger partial charge in [0, 0.05) is 54.5 Å². The highest BCUT2D eigenvalue weighted by atomic mass is 16.3. The number of para-hydroxylation sites is 4. The van der Waals surface area contributed by atoms with Gasteiger partial charge < -0.3 is 18.0 Å². The number of hydrogen-bond acceptors (Lipinski definition) is 2. The first-order valence-electron chi connectivity index (χ1n) is 15.6. The predicted molar refractivity (Wildman–Crippen MR) is 190 cm³/mol. The van der Waals surface area contributed by atoms with E-state index in [9.17, 15) is 0 Å². The molecule has 11 aromatic rings. The highest BCUT2D eigenvalue weighted by Gasteiger charge is 2.22. The van der Waals surface area contributed by atoms with Crippen molar-refractivity contribution in [3.05, 3.63) is 146 Å². The van der Waals surface area contributed by atoms with Crippen molar-refractivity contribution in [3.8, 4) is 11.4 Å². The first-order chi connectivity index (χ1) is 22.8. The van der Waals surface area contributed by atoms with Gasteiger partial charge in [-0.15, -0.1) is 0 Å². The van der Waals surface area contributed by atoms with Crippen LogP contribution in [0.2, 0.25) is 0 Å². The second-order valence-corrected chi connectivity index (χ2v) is 12.1. The van der Waals surface area contributed by atoms with Crippen LogP contribution in [0.5, 0.6) is 0 Å². The Morgan fingerprint density at radius 3 is 1.17 bits per heavy atom. The molecule has 0 bridgehead atoms. The number of furan rings is 2. The Labute approximate surface area is 261 Å². The van der Waals surface area contributed by atoms with Gasteiger partial charge in [-0.05, 0) is 60.7 Å². The predicted octanol–water partition coefficient (Wildman–Crippen LogP) is 11.7. The summed E-state index contributed by atoms with van der Waals surface area (Å²) in [6.07, 6.45) is 0. The lowest BCUT2D eigenvalue weighted by molar-refractivity contribution is 0.668. The summed E-state index contributed by atoms with van der Waals surface area (Å²) in [4.78, 5) is 0. The molecule has 0 aliphatic rings. The molecule has 4 heteroatoms. The smallest absolute Gasteiger partial charge is 0.135 e. The number of aromatic nitrogens is 2. The van der Waals surface area contributed by atoms with Crippen LogP contribution < -0.4 is 0 Å². The van der Waals surface area contributed by atoms with Crippen molar-refractivity contribution < 1.29 is 8.83 Å². The van der Waals surface area contributed by atoms with E-state index in [1.807, 2.05) is 24.3 Å². The van der Waals surface area contributed by atoms with Gasteiger partial charge >= 0.3 is 0 Å². The minimum Gasteiger partial charge on any atom is -0.456 e. The minimum absolute atomic E-state index is 0.894. The highest BCUT2D eigenvalue weighted by molar-refractivity contribution is 6.24. The van der Waals surface area contributed by atoms with E-state index < -0.39 is 0 Å². The lowest BCUT2D eigenvalue weighted by Crippen LogP contribution is -1.98. The maximum absolute atomic E-state index is 6.22. The van der Waals surface area contributed by atoms with Crippen molar-refractivity contribution in [2.45, 2.75) is 0 Å². The molecule has 0 atom stereocenters. The summed E-state index contributed by atoms with van der Waals surface area (Å²) in [6.45, 7) is 0. The maximum atomic E-state index is 6.22. The maximum Gasteiger partial charge on any atom is 0.135 e. The molecule has 46 heavy (non-hydrogen) atoms. The Balaban J connectivity index is 1.32. The molecule has 0 saturated carbocycles. The Morgan fingerprint density at radius 1 is 0.304 bits per heavy atom. The molecule has 4 nitrogen and oxygen atoms in total. The van der Waals surface area contributed by atoms with Gasteiger partial charge in [-0.25, -0.2) is 0 Å². The Hall–Kier alpha value is -6.26. The Bertz CT molecular complexity index is 2830. The van der Waals surface area contributed by atoms with Crippen molar-refractivity contribution in [2.24, 2.45) is 0 Å².